The van der Waals surface area contributed by atoms with E-state index in [1.54, 1.807) is 0 Å². The number of rotatable bonds is 3. The lowest BCUT2D eigenvalue weighted by Gasteiger charge is -2.37. The molecule has 2 aromatic rings. The fourth-order valence-electron chi connectivity index (χ4n) is 2.83. The van der Waals surface area contributed by atoms with Crippen LogP contribution in [0.15, 0.2) is 48.8 Å². The number of nitrogens with one attached hydrogen (secondary N) is 2. The van der Waals surface area contributed by atoms with Crippen LogP contribution in [0.4, 0.5) is 11.4 Å². The van der Waals surface area contributed by atoms with Gasteiger partial charge in [0.25, 0.3) is 0 Å². The molecule has 0 spiro atoms. The SMILES string of the molecule is CCc1cccc(NC(=S)N2CCN(c3cc[nH+]cc3)CC2)c1. The smallest absolute Gasteiger partial charge is 0.173 e. The van der Waals surface area contributed by atoms with Gasteiger partial charge in [-0.3, -0.25) is 0 Å². The molecule has 0 amide bonds. The third-order valence-electron chi connectivity index (χ3n) is 4.22. The predicted octanol–water partition coefficient (Wildman–Crippen LogP) is 2.58. The van der Waals surface area contributed by atoms with Crippen molar-refractivity contribution in [2.45, 2.75) is 13.3 Å². The summed E-state index contributed by atoms with van der Waals surface area (Å²) < 4.78 is 0. The summed E-state index contributed by atoms with van der Waals surface area (Å²) in [6.45, 7) is 6.02. The van der Waals surface area contributed by atoms with Gasteiger partial charge in [-0.25, -0.2) is 4.98 Å². The molecule has 2 N–H and O–H groups in total. The molecule has 1 saturated heterocycles. The van der Waals surface area contributed by atoms with Crippen molar-refractivity contribution in [2.75, 3.05) is 36.4 Å². The normalized spacial score (nSPS) is 14.7. The minimum Gasteiger partial charge on any atom is -0.368 e. The Morgan fingerprint density at radius 2 is 1.87 bits per heavy atom. The molecule has 0 atom stereocenters. The Bertz CT molecular complexity index is 651. The van der Waals surface area contributed by atoms with Crippen molar-refractivity contribution >= 4 is 28.7 Å². The highest BCUT2D eigenvalue weighted by Gasteiger charge is 2.19. The average molecular weight is 327 g/mol. The van der Waals surface area contributed by atoms with Crippen molar-refractivity contribution in [1.82, 2.24) is 4.90 Å². The fourth-order valence-corrected chi connectivity index (χ4v) is 3.13. The number of benzene rings is 1. The molecule has 5 heteroatoms. The molecule has 3 rings (SSSR count). The molecule has 1 aromatic carbocycles. The van der Waals surface area contributed by atoms with Crippen molar-refractivity contribution < 1.29 is 4.98 Å². The Hall–Kier alpha value is -2.14. The third kappa shape index (κ3) is 3.99. The van der Waals surface area contributed by atoms with E-state index in [1.165, 1.54) is 11.3 Å². The molecular weight excluding hydrogens is 304 g/mol. The van der Waals surface area contributed by atoms with Crippen LogP contribution in [0.2, 0.25) is 0 Å². The first-order valence-corrected chi connectivity index (χ1v) is 8.53. The predicted molar refractivity (Wildman–Crippen MR) is 98.8 cm³/mol. The molecule has 0 unspecified atom stereocenters. The van der Waals surface area contributed by atoms with E-state index < -0.39 is 0 Å². The van der Waals surface area contributed by atoms with Gasteiger partial charge in [0.15, 0.2) is 17.5 Å². The number of thiocarbonyl (C=S) groups is 1. The topological polar surface area (TPSA) is 32.6 Å². The molecular formula is C18H23N4S+. The van der Waals surface area contributed by atoms with E-state index in [-0.39, 0.29) is 0 Å². The number of piperazine rings is 1. The number of anilines is 2. The Kier molecular flexibility index (Phi) is 5.08. The average Bonchev–Trinajstić information content (AvgIpc) is 2.63. The molecule has 0 bridgehead atoms. The molecule has 2 heterocycles. The van der Waals surface area contributed by atoms with Crippen molar-refractivity contribution in [2.24, 2.45) is 0 Å². The fraction of sp³-hybridized carbons (Fsp3) is 0.333. The minimum atomic E-state index is 0.819. The molecule has 1 fully saturated rings. The van der Waals surface area contributed by atoms with Crippen LogP contribution in [0, 0.1) is 0 Å². The summed E-state index contributed by atoms with van der Waals surface area (Å²) in [5.74, 6) is 0. The van der Waals surface area contributed by atoms with E-state index in [9.17, 15) is 0 Å². The second-order valence-electron chi connectivity index (χ2n) is 5.72. The van der Waals surface area contributed by atoms with Crippen LogP contribution in [0.1, 0.15) is 12.5 Å². The summed E-state index contributed by atoms with van der Waals surface area (Å²) in [6, 6.07) is 12.7. The summed E-state index contributed by atoms with van der Waals surface area (Å²) >= 11 is 5.58. The van der Waals surface area contributed by atoms with Crippen molar-refractivity contribution in [3.8, 4) is 0 Å². The lowest BCUT2D eigenvalue weighted by atomic mass is 10.1. The summed E-state index contributed by atoms with van der Waals surface area (Å²) in [6.07, 6.45) is 4.97. The van der Waals surface area contributed by atoms with Crippen LogP contribution in [-0.2, 0) is 6.42 Å². The van der Waals surface area contributed by atoms with Gasteiger partial charge in [0.2, 0.25) is 0 Å². The van der Waals surface area contributed by atoms with Gasteiger partial charge >= 0.3 is 0 Å². The van der Waals surface area contributed by atoms with E-state index in [1.807, 2.05) is 12.4 Å². The number of aromatic amines is 1. The zero-order valence-electron chi connectivity index (χ0n) is 13.5. The van der Waals surface area contributed by atoms with Crippen molar-refractivity contribution in [1.29, 1.82) is 0 Å². The number of hydrogen-bond donors (Lipinski definition) is 1. The standard InChI is InChI=1S/C18H22N4S/c1-2-15-4-3-5-16(14-15)20-18(23)22-12-10-21(11-13-22)17-6-8-19-9-7-17/h3-9,14H,2,10-13H2,1H3,(H,20,23)/p+1. The first kappa shape index (κ1) is 15.7. The number of nitrogens with zero attached hydrogens (tertiary/aromatic N) is 2. The van der Waals surface area contributed by atoms with Crippen LogP contribution in [0.25, 0.3) is 0 Å². The highest BCUT2D eigenvalue weighted by atomic mass is 32.1. The lowest BCUT2D eigenvalue weighted by Crippen LogP contribution is -2.50. The summed E-state index contributed by atoms with van der Waals surface area (Å²) in [4.78, 5) is 7.71. The van der Waals surface area contributed by atoms with Gasteiger partial charge in [0.1, 0.15) is 0 Å². The highest BCUT2D eigenvalue weighted by Crippen LogP contribution is 2.16. The monoisotopic (exact) mass is 327 g/mol. The van der Waals surface area contributed by atoms with Crippen LogP contribution >= 0.6 is 12.2 Å². The van der Waals surface area contributed by atoms with Gasteiger partial charge in [-0.05, 0) is 36.3 Å². The van der Waals surface area contributed by atoms with E-state index in [2.05, 4.69) is 63.4 Å². The number of aromatic nitrogens is 1. The maximum absolute atomic E-state index is 5.58. The Balaban J connectivity index is 1.56. The zero-order valence-corrected chi connectivity index (χ0v) is 14.3. The van der Waals surface area contributed by atoms with Crippen molar-refractivity contribution in [3.05, 3.63) is 54.4 Å². The number of aryl methyl sites for hydroxylation is 1. The lowest BCUT2D eigenvalue weighted by molar-refractivity contribution is -0.377. The summed E-state index contributed by atoms with van der Waals surface area (Å²) in [7, 11) is 0. The largest absolute Gasteiger partial charge is 0.368 e. The van der Waals surface area contributed by atoms with Gasteiger partial charge in [0.05, 0.1) is 0 Å². The van der Waals surface area contributed by atoms with Crippen molar-refractivity contribution in [3.63, 3.8) is 0 Å². The molecule has 1 aliphatic heterocycles. The first-order valence-electron chi connectivity index (χ1n) is 8.12. The van der Waals surface area contributed by atoms with E-state index in [0.717, 1.165) is 43.4 Å². The molecule has 0 aliphatic carbocycles. The van der Waals surface area contributed by atoms with Crippen LogP contribution < -0.4 is 15.2 Å². The second kappa shape index (κ2) is 7.42. The van der Waals surface area contributed by atoms with E-state index in [0.29, 0.717) is 0 Å². The maximum Gasteiger partial charge on any atom is 0.173 e. The van der Waals surface area contributed by atoms with Crippen LogP contribution in [0.5, 0.6) is 0 Å². The molecule has 0 saturated carbocycles. The highest BCUT2D eigenvalue weighted by molar-refractivity contribution is 7.80. The molecule has 1 aliphatic rings. The third-order valence-corrected chi connectivity index (χ3v) is 4.58. The molecule has 23 heavy (non-hydrogen) atoms. The Morgan fingerprint density at radius 3 is 2.57 bits per heavy atom. The van der Waals surface area contributed by atoms with Crippen LogP contribution in [-0.4, -0.2) is 36.2 Å². The van der Waals surface area contributed by atoms with E-state index in [4.69, 9.17) is 12.2 Å². The van der Waals surface area contributed by atoms with Gasteiger partial charge in [0, 0.05) is 49.7 Å². The quantitative estimate of drug-likeness (QED) is 0.879. The molecule has 120 valence electrons. The van der Waals surface area contributed by atoms with Gasteiger partial charge in [-0.2, -0.15) is 0 Å². The summed E-state index contributed by atoms with van der Waals surface area (Å²) in [5.41, 5.74) is 3.66. The second-order valence-corrected chi connectivity index (χ2v) is 6.10. The van der Waals surface area contributed by atoms with Gasteiger partial charge in [-0.15, -0.1) is 0 Å². The molecule has 4 nitrogen and oxygen atoms in total. The van der Waals surface area contributed by atoms with Gasteiger partial charge < -0.3 is 15.1 Å². The Labute approximate surface area is 143 Å². The minimum absolute atomic E-state index is 0.819. The molecule has 1 aromatic heterocycles. The molecule has 0 radical (unpaired) electrons. The maximum atomic E-state index is 5.58. The van der Waals surface area contributed by atoms with Crippen LogP contribution in [0.3, 0.4) is 0 Å². The summed E-state index contributed by atoms with van der Waals surface area (Å²) in [5, 5.41) is 4.19. The zero-order chi connectivity index (χ0) is 16.1. The van der Waals surface area contributed by atoms with E-state index >= 15 is 0 Å². The number of pyridine rings is 1. The van der Waals surface area contributed by atoms with Gasteiger partial charge in [-0.1, -0.05) is 19.1 Å². The Morgan fingerprint density at radius 1 is 1.13 bits per heavy atom. The number of hydrogen-bond acceptors (Lipinski definition) is 2. The first-order chi connectivity index (χ1) is 11.3. The number of H-pyrrole nitrogens is 1.